The van der Waals surface area contributed by atoms with Crippen LogP contribution in [0.2, 0.25) is 0 Å². The number of hydrogen-bond acceptors (Lipinski definition) is 7. The quantitative estimate of drug-likeness (QED) is 0.241. The third-order valence-corrected chi connectivity index (χ3v) is 9.91. The lowest BCUT2D eigenvalue weighted by atomic mass is 9.76. The monoisotopic (exact) mass is 659 g/mol. The Morgan fingerprint density at radius 2 is 1.77 bits per heavy atom. The SMILES string of the molecule is CCC[C@H](NC(=O)[C@@H]1C[C@@H](OC(=O)N2Cc3cccc(F)c3C2)CN1C(=O)[C@@H](NC(=O)N[C@H](C)C(C)(C)C)C1CCCCC1)B(O)O. The van der Waals surface area contributed by atoms with Gasteiger partial charge in [-0.2, -0.15) is 0 Å². The molecule has 1 aliphatic carbocycles. The summed E-state index contributed by atoms with van der Waals surface area (Å²) in [6.45, 7) is 9.87. The number of fused-ring (bicyclic) bond motifs is 1. The van der Waals surface area contributed by atoms with Crippen molar-refractivity contribution in [3.05, 3.63) is 35.1 Å². The number of carbonyl (C=O) groups excluding carboxylic acids is 4. The second kappa shape index (κ2) is 15.7. The van der Waals surface area contributed by atoms with Crippen LogP contribution in [-0.2, 0) is 27.4 Å². The van der Waals surface area contributed by atoms with Crippen LogP contribution in [-0.4, -0.2) is 87.6 Å². The molecule has 0 spiro atoms. The van der Waals surface area contributed by atoms with E-state index in [2.05, 4.69) is 16.0 Å². The second-order valence-corrected chi connectivity index (χ2v) is 14.4. The minimum Gasteiger partial charge on any atom is -0.444 e. The minimum absolute atomic E-state index is 0.0243. The summed E-state index contributed by atoms with van der Waals surface area (Å²) >= 11 is 0. The number of halogens is 1. The molecular weight excluding hydrogens is 608 g/mol. The zero-order valence-corrected chi connectivity index (χ0v) is 28.3. The molecule has 5 atom stereocenters. The third kappa shape index (κ3) is 9.16. The Hall–Kier alpha value is -3.39. The Kier molecular flexibility index (Phi) is 12.2. The van der Waals surface area contributed by atoms with E-state index in [1.165, 1.54) is 15.9 Å². The van der Waals surface area contributed by atoms with Crippen LogP contribution >= 0.6 is 0 Å². The average Bonchev–Trinajstić information content (AvgIpc) is 3.65. The second-order valence-electron chi connectivity index (χ2n) is 14.4. The number of nitrogens with one attached hydrogen (secondary N) is 3. The van der Waals surface area contributed by atoms with Crippen molar-refractivity contribution in [1.82, 2.24) is 25.8 Å². The fourth-order valence-electron chi connectivity index (χ4n) is 6.61. The highest BCUT2D eigenvalue weighted by molar-refractivity contribution is 6.43. The Morgan fingerprint density at radius 1 is 1.06 bits per heavy atom. The Bertz CT molecular complexity index is 1290. The van der Waals surface area contributed by atoms with Gasteiger partial charge in [0.1, 0.15) is 24.0 Å². The Balaban J connectivity index is 1.55. The van der Waals surface area contributed by atoms with E-state index in [9.17, 15) is 33.6 Å². The molecule has 47 heavy (non-hydrogen) atoms. The summed E-state index contributed by atoms with van der Waals surface area (Å²) in [4.78, 5) is 57.3. The first kappa shape index (κ1) is 36.5. The molecular formula is C33H51BFN5O7. The van der Waals surface area contributed by atoms with Crippen LogP contribution in [0.25, 0.3) is 0 Å². The first-order valence-corrected chi connectivity index (χ1v) is 16.9. The standard InChI is InChI=1S/C33H51BFN5O7/c1-6-11-27(34(45)46)37-29(41)26-16-23(47-32(44)39-17-22-14-10-15-25(35)24(22)19-39)18-40(26)30(42)28(21-12-8-7-9-13-21)38-31(43)36-20(2)33(3,4)5/h10,14-15,20-21,23,26-28,45-46H,6-9,11-13,16-19H2,1-5H3,(H,37,41)(H2,36,38,43)/t20-,23-,26+,27+,28+/m1/s1. The number of benzene rings is 1. The number of hydrogen-bond donors (Lipinski definition) is 5. The van der Waals surface area contributed by atoms with Gasteiger partial charge in [0.15, 0.2) is 0 Å². The highest BCUT2D eigenvalue weighted by Crippen LogP contribution is 2.31. The van der Waals surface area contributed by atoms with Crippen LogP contribution in [0, 0.1) is 17.2 Å². The molecule has 0 unspecified atom stereocenters. The van der Waals surface area contributed by atoms with E-state index < -0.39 is 61.0 Å². The van der Waals surface area contributed by atoms with Crippen LogP contribution in [0.1, 0.15) is 97.1 Å². The fraction of sp³-hybridized carbons (Fsp3) is 0.697. The molecule has 1 saturated carbocycles. The molecule has 3 aliphatic rings. The number of nitrogens with zero attached hydrogens (tertiary/aromatic N) is 2. The first-order valence-electron chi connectivity index (χ1n) is 16.9. The molecule has 14 heteroatoms. The summed E-state index contributed by atoms with van der Waals surface area (Å²) in [7, 11) is -1.81. The number of rotatable bonds is 10. The average molecular weight is 660 g/mol. The third-order valence-electron chi connectivity index (χ3n) is 9.91. The molecule has 2 aliphatic heterocycles. The van der Waals surface area contributed by atoms with Crippen LogP contribution in [0.15, 0.2) is 18.2 Å². The zero-order chi connectivity index (χ0) is 34.5. The van der Waals surface area contributed by atoms with Crippen molar-refractivity contribution >= 4 is 31.1 Å². The van der Waals surface area contributed by atoms with Crippen molar-refractivity contribution in [1.29, 1.82) is 0 Å². The van der Waals surface area contributed by atoms with E-state index in [4.69, 9.17) is 4.74 Å². The molecule has 1 aromatic carbocycles. The van der Waals surface area contributed by atoms with Gasteiger partial charge in [0, 0.05) is 24.6 Å². The fourth-order valence-corrected chi connectivity index (χ4v) is 6.61. The highest BCUT2D eigenvalue weighted by atomic mass is 19.1. The van der Waals surface area contributed by atoms with Gasteiger partial charge in [-0.1, -0.05) is 65.5 Å². The molecule has 5 N–H and O–H groups in total. The molecule has 5 amide bonds. The van der Waals surface area contributed by atoms with Gasteiger partial charge in [-0.05, 0) is 49.1 Å². The van der Waals surface area contributed by atoms with Crippen molar-refractivity contribution < 1.29 is 38.4 Å². The van der Waals surface area contributed by atoms with Gasteiger partial charge in [-0.3, -0.25) is 14.5 Å². The molecule has 2 heterocycles. The van der Waals surface area contributed by atoms with E-state index in [1.807, 2.05) is 34.6 Å². The predicted molar refractivity (Wildman–Crippen MR) is 174 cm³/mol. The molecule has 0 radical (unpaired) electrons. The van der Waals surface area contributed by atoms with Gasteiger partial charge in [0.25, 0.3) is 0 Å². The van der Waals surface area contributed by atoms with Crippen molar-refractivity contribution in [3.63, 3.8) is 0 Å². The maximum Gasteiger partial charge on any atom is 0.475 e. The van der Waals surface area contributed by atoms with Crippen LogP contribution in [0.4, 0.5) is 14.0 Å². The van der Waals surface area contributed by atoms with E-state index >= 15 is 0 Å². The predicted octanol–water partition coefficient (Wildman–Crippen LogP) is 3.23. The summed E-state index contributed by atoms with van der Waals surface area (Å²) in [5.74, 6) is -2.57. The molecule has 1 aromatic rings. The molecule has 1 saturated heterocycles. The van der Waals surface area contributed by atoms with Crippen LogP contribution < -0.4 is 16.0 Å². The van der Waals surface area contributed by atoms with E-state index in [0.29, 0.717) is 24.0 Å². The Morgan fingerprint density at radius 3 is 2.38 bits per heavy atom. The lowest BCUT2D eigenvalue weighted by Crippen LogP contribution is -2.59. The molecule has 2 fully saturated rings. The zero-order valence-electron chi connectivity index (χ0n) is 28.3. The number of likely N-dealkylation sites (tertiary alicyclic amines) is 1. The number of urea groups is 1. The lowest BCUT2D eigenvalue weighted by molar-refractivity contribution is -0.141. The van der Waals surface area contributed by atoms with Crippen LogP contribution in [0.3, 0.4) is 0 Å². The molecule has 12 nitrogen and oxygen atoms in total. The number of carbonyl (C=O) groups is 4. The van der Waals surface area contributed by atoms with E-state index in [1.54, 1.807) is 12.1 Å². The largest absolute Gasteiger partial charge is 0.475 e. The van der Waals surface area contributed by atoms with Gasteiger partial charge in [-0.25, -0.2) is 14.0 Å². The lowest BCUT2D eigenvalue weighted by Gasteiger charge is -2.35. The smallest absolute Gasteiger partial charge is 0.444 e. The van der Waals surface area contributed by atoms with Crippen molar-refractivity contribution in [2.75, 3.05) is 6.54 Å². The molecule has 260 valence electrons. The molecule has 0 bridgehead atoms. The minimum atomic E-state index is -1.81. The first-order chi connectivity index (χ1) is 22.2. The number of ether oxygens (including phenoxy) is 1. The number of amides is 5. The van der Waals surface area contributed by atoms with Crippen molar-refractivity contribution in [2.45, 2.75) is 129 Å². The van der Waals surface area contributed by atoms with Gasteiger partial charge in [0.05, 0.1) is 19.0 Å². The molecule has 4 rings (SSSR count). The van der Waals surface area contributed by atoms with Gasteiger partial charge in [0.2, 0.25) is 11.8 Å². The van der Waals surface area contributed by atoms with Gasteiger partial charge >= 0.3 is 19.2 Å². The maximum absolute atomic E-state index is 14.4. The van der Waals surface area contributed by atoms with Gasteiger partial charge < -0.3 is 35.6 Å². The topological polar surface area (TPSA) is 161 Å². The van der Waals surface area contributed by atoms with Crippen LogP contribution in [0.5, 0.6) is 0 Å². The molecule has 0 aromatic heterocycles. The summed E-state index contributed by atoms with van der Waals surface area (Å²) in [6.07, 6.45) is 3.61. The van der Waals surface area contributed by atoms with Crippen molar-refractivity contribution in [3.8, 4) is 0 Å². The maximum atomic E-state index is 14.4. The summed E-state index contributed by atoms with van der Waals surface area (Å²) < 4.78 is 20.2. The highest BCUT2D eigenvalue weighted by Gasteiger charge is 2.46. The van der Waals surface area contributed by atoms with Crippen molar-refractivity contribution in [2.24, 2.45) is 11.3 Å². The summed E-state index contributed by atoms with van der Waals surface area (Å²) in [5.41, 5.74) is 0.897. The van der Waals surface area contributed by atoms with Gasteiger partial charge in [-0.15, -0.1) is 0 Å². The summed E-state index contributed by atoms with van der Waals surface area (Å²) in [6, 6.07) is 2.00. The Labute approximate surface area is 277 Å². The van der Waals surface area contributed by atoms with E-state index in [0.717, 1.165) is 32.1 Å². The van der Waals surface area contributed by atoms with E-state index in [-0.39, 0.29) is 43.4 Å². The normalized spacial score (nSPS) is 21.8. The summed E-state index contributed by atoms with van der Waals surface area (Å²) in [5, 5.41) is 28.3.